The van der Waals surface area contributed by atoms with E-state index in [9.17, 15) is 9.59 Å². The van der Waals surface area contributed by atoms with E-state index >= 15 is 0 Å². The quantitative estimate of drug-likeness (QED) is 0.774. The molecule has 6 nitrogen and oxygen atoms in total. The summed E-state index contributed by atoms with van der Waals surface area (Å²) in [4.78, 5) is 25.0. The first-order valence-corrected chi connectivity index (χ1v) is 8.01. The molecule has 0 unspecified atom stereocenters. The number of methoxy groups -OCH3 is 2. The van der Waals surface area contributed by atoms with Gasteiger partial charge in [-0.25, -0.2) is 0 Å². The predicted molar refractivity (Wildman–Crippen MR) is 99.5 cm³/mol. The predicted octanol–water partition coefficient (Wildman–Crippen LogP) is 3.68. The van der Waals surface area contributed by atoms with E-state index in [1.165, 1.54) is 20.3 Å². The molecule has 1 N–H and O–H groups in total. The Morgan fingerprint density at radius 2 is 1.81 bits per heavy atom. The van der Waals surface area contributed by atoms with Crippen LogP contribution in [0.3, 0.4) is 0 Å². The number of anilines is 1. The highest BCUT2D eigenvalue weighted by Gasteiger charge is 2.16. The van der Waals surface area contributed by atoms with Crippen LogP contribution in [0, 0.1) is 13.8 Å². The highest BCUT2D eigenvalue weighted by atomic mass is 16.5. The van der Waals surface area contributed by atoms with Gasteiger partial charge in [-0.15, -0.1) is 0 Å². The summed E-state index contributed by atoms with van der Waals surface area (Å²) < 4.78 is 16.1. The summed E-state index contributed by atoms with van der Waals surface area (Å²) >= 11 is 0. The van der Waals surface area contributed by atoms with Crippen LogP contribution in [0.1, 0.15) is 21.7 Å². The zero-order valence-electron chi connectivity index (χ0n) is 15.0. The van der Waals surface area contributed by atoms with Crippen molar-refractivity contribution in [2.75, 3.05) is 19.5 Å². The Kier molecular flexibility index (Phi) is 4.67. The van der Waals surface area contributed by atoms with Crippen molar-refractivity contribution in [3.05, 3.63) is 63.5 Å². The van der Waals surface area contributed by atoms with Crippen LogP contribution < -0.4 is 20.2 Å². The molecule has 0 fully saturated rings. The third-order valence-corrected chi connectivity index (χ3v) is 4.04. The highest BCUT2D eigenvalue weighted by molar-refractivity contribution is 6.04. The lowest BCUT2D eigenvalue weighted by Gasteiger charge is -2.12. The summed E-state index contributed by atoms with van der Waals surface area (Å²) in [5.74, 6) is 0.413. The Bertz CT molecular complexity index is 1050. The van der Waals surface area contributed by atoms with E-state index in [0.717, 1.165) is 11.1 Å². The summed E-state index contributed by atoms with van der Waals surface area (Å²) in [5.41, 5.74) is 2.32. The molecule has 1 amide bonds. The number of carbonyl (C=O) groups excluding carboxylic acids is 1. The number of fused-ring (bicyclic) bond motifs is 1. The Morgan fingerprint density at radius 1 is 1.04 bits per heavy atom. The minimum absolute atomic E-state index is 0.0701. The molecule has 0 spiro atoms. The molecule has 0 saturated heterocycles. The summed E-state index contributed by atoms with van der Waals surface area (Å²) in [6.07, 6.45) is 0. The fraction of sp³-hybridized carbons (Fsp3) is 0.200. The molecule has 6 heteroatoms. The van der Waals surface area contributed by atoms with Gasteiger partial charge in [-0.1, -0.05) is 6.07 Å². The van der Waals surface area contributed by atoms with E-state index < -0.39 is 5.91 Å². The van der Waals surface area contributed by atoms with Crippen LogP contribution in [0.2, 0.25) is 0 Å². The zero-order valence-corrected chi connectivity index (χ0v) is 15.0. The summed E-state index contributed by atoms with van der Waals surface area (Å²) in [6, 6.07) is 9.88. The highest BCUT2D eigenvalue weighted by Crippen LogP contribution is 2.29. The number of rotatable bonds is 4. The molecule has 0 atom stereocenters. The van der Waals surface area contributed by atoms with Crippen molar-refractivity contribution in [3.63, 3.8) is 0 Å². The zero-order chi connectivity index (χ0) is 18.8. The number of benzene rings is 2. The molecule has 26 heavy (non-hydrogen) atoms. The van der Waals surface area contributed by atoms with E-state index in [4.69, 9.17) is 13.9 Å². The molecule has 3 rings (SSSR count). The lowest BCUT2D eigenvalue weighted by Crippen LogP contribution is -2.15. The van der Waals surface area contributed by atoms with E-state index in [0.29, 0.717) is 28.2 Å². The third kappa shape index (κ3) is 3.26. The van der Waals surface area contributed by atoms with E-state index in [1.807, 2.05) is 19.9 Å². The minimum Gasteiger partial charge on any atom is -0.497 e. The molecule has 0 aliphatic rings. The fourth-order valence-electron chi connectivity index (χ4n) is 2.82. The van der Waals surface area contributed by atoms with E-state index in [2.05, 4.69) is 5.32 Å². The molecule has 0 bridgehead atoms. The van der Waals surface area contributed by atoms with Crippen LogP contribution in [0.15, 0.2) is 45.6 Å². The molecule has 0 saturated carbocycles. The minimum atomic E-state index is -0.546. The van der Waals surface area contributed by atoms with Gasteiger partial charge in [-0.3, -0.25) is 9.59 Å². The van der Waals surface area contributed by atoms with Crippen molar-refractivity contribution in [3.8, 4) is 11.5 Å². The summed E-state index contributed by atoms with van der Waals surface area (Å²) in [5, 5.41) is 3.16. The maximum absolute atomic E-state index is 12.6. The molecule has 3 aromatic rings. The molecule has 0 aliphatic carbocycles. The molecule has 1 heterocycles. The number of ether oxygens (including phenoxy) is 2. The molecular formula is C20H19NO5. The average Bonchev–Trinajstić information content (AvgIpc) is 2.62. The lowest BCUT2D eigenvalue weighted by atomic mass is 10.1. The van der Waals surface area contributed by atoms with Crippen molar-refractivity contribution in [1.29, 1.82) is 0 Å². The van der Waals surface area contributed by atoms with Crippen LogP contribution in [0.25, 0.3) is 11.0 Å². The van der Waals surface area contributed by atoms with Gasteiger partial charge in [0.1, 0.15) is 17.1 Å². The number of hydrogen-bond acceptors (Lipinski definition) is 5. The normalized spacial score (nSPS) is 10.6. The average molecular weight is 353 g/mol. The number of carbonyl (C=O) groups is 1. The Morgan fingerprint density at radius 3 is 2.50 bits per heavy atom. The first-order valence-electron chi connectivity index (χ1n) is 8.01. The number of amides is 1. The van der Waals surface area contributed by atoms with Crippen molar-refractivity contribution < 1.29 is 18.7 Å². The van der Waals surface area contributed by atoms with E-state index in [-0.39, 0.29) is 11.2 Å². The van der Waals surface area contributed by atoms with Crippen molar-refractivity contribution in [2.24, 2.45) is 0 Å². The van der Waals surface area contributed by atoms with Gasteiger partial charge in [-0.05, 0) is 43.2 Å². The smallest absolute Gasteiger partial charge is 0.291 e. The van der Waals surface area contributed by atoms with Crippen LogP contribution in [0.4, 0.5) is 5.69 Å². The third-order valence-electron chi connectivity index (χ3n) is 4.04. The SMILES string of the molecule is COc1ccc(OC)c(NC(=O)c2cc(=O)c3cc(C)cc(C)c3o2)c1. The first-order chi connectivity index (χ1) is 12.4. The molecular weight excluding hydrogens is 334 g/mol. The fourth-order valence-corrected chi connectivity index (χ4v) is 2.82. The Balaban J connectivity index is 2.02. The number of nitrogens with one attached hydrogen (secondary N) is 1. The van der Waals surface area contributed by atoms with Crippen molar-refractivity contribution >= 4 is 22.6 Å². The summed E-state index contributed by atoms with van der Waals surface area (Å²) in [6.45, 7) is 3.74. The molecule has 0 radical (unpaired) electrons. The van der Waals surface area contributed by atoms with E-state index in [1.54, 1.807) is 24.3 Å². The maximum atomic E-state index is 12.6. The first kappa shape index (κ1) is 17.5. The molecule has 1 aromatic heterocycles. The van der Waals surface area contributed by atoms with Gasteiger partial charge >= 0.3 is 0 Å². The standard InChI is InChI=1S/C20H19NO5/c1-11-7-12(2)19-14(8-11)16(22)10-18(26-19)20(23)21-15-9-13(24-3)5-6-17(15)25-4/h5-10H,1-4H3,(H,21,23). The van der Waals surface area contributed by atoms with Crippen LogP contribution in [0.5, 0.6) is 11.5 Å². The molecule has 134 valence electrons. The van der Waals surface area contributed by atoms with Crippen LogP contribution in [-0.4, -0.2) is 20.1 Å². The van der Waals surface area contributed by atoms with Gasteiger partial charge in [-0.2, -0.15) is 0 Å². The second-order valence-corrected chi connectivity index (χ2v) is 5.95. The van der Waals surface area contributed by atoms with Gasteiger partial charge < -0.3 is 19.2 Å². The van der Waals surface area contributed by atoms with Gasteiger partial charge in [0.25, 0.3) is 5.91 Å². The monoisotopic (exact) mass is 353 g/mol. The second-order valence-electron chi connectivity index (χ2n) is 5.95. The largest absolute Gasteiger partial charge is 0.497 e. The van der Waals surface area contributed by atoms with Gasteiger partial charge in [0.05, 0.1) is 25.3 Å². The maximum Gasteiger partial charge on any atom is 0.291 e. The van der Waals surface area contributed by atoms with Crippen molar-refractivity contribution in [1.82, 2.24) is 0 Å². The summed E-state index contributed by atoms with van der Waals surface area (Å²) in [7, 11) is 3.03. The topological polar surface area (TPSA) is 77.8 Å². The lowest BCUT2D eigenvalue weighted by molar-refractivity contribution is 0.0997. The second kappa shape index (κ2) is 6.92. The Hall–Kier alpha value is -3.28. The van der Waals surface area contributed by atoms with Gasteiger partial charge in [0, 0.05) is 12.1 Å². The van der Waals surface area contributed by atoms with Crippen molar-refractivity contribution in [2.45, 2.75) is 13.8 Å². The van der Waals surface area contributed by atoms with Gasteiger partial charge in [0.15, 0.2) is 11.2 Å². The Labute approximate surface area is 150 Å². The van der Waals surface area contributed by atoms with Crippen LogP contribution >= 0.6 is 0 Å². The number of aryl methyl sites for hydroxylation is 2. The molecule has 2 aromatic carbocycles. The van der Waals surface area contributed by atoms with Crippen LogP contribution in [-0.2, 0) is 0 Å². The number of hydrogen-bond donors (Lipinski definition) is 1. The van der Waals surface area contributed by atoms with Gasteiger partial charge in [0.2, 0.25) is 0 Å². The molecule has 0 aliphatic heterocycles.